The highest BCUT2D eigenvalue weighted by Crippen LogP contribution is 2.57. The summed E-state index contributed by atoms with van der Waals surface area (Å²) in [4.78, 5) is 2.66. The molecule has 0 amide bonds. The van der Waals surface area contributed by atoms with Crippen molar-refractivity contribution >= 4 is 0 Å². The summed E-state index contributed by atoms with van der Waals surface area (Å²) in [5.41, 5.74) is 0.523. The van der Waals surface area contributed by atoms with E-state index < -0.39 is 0 Å². The van der Waals surface area contributed by atoms with Crippen LogP contribution in [0.3, 0.4) is 0 Å². The third-order valence-electron chi connectivity index (χ3n) is 5.95. The number of nitrogens with zero attached hydrogens (tertiary/aromatic N) is 1. The molecule has 0 aromatic carbocycles. The van der Waals surface area contributed by atoms with Crippen LogP contribution in [0.5, 0.6) is 0 Å². The van der Waals surface area contributed by atoms with E-state index in [2.05, 4.69) is 17.1 Å². The molecule has 2 atom stereocenters. The normalized spacial score (nSPS) is 33.5. The topological polar surface area (TPSA) is 24.5 Å². The molecule has 1 saturated heterocycles. The van der Waals surface area contributed by atoms with Crippen LogP contribution >= 0.6 is 0 Å². The average Bonchev–Trinajstić information content (AvgIpc) is 2.63. The first-order valence-electron chi connectivity index (χ1n) is 8.92. The minimum atomic E-state index is 0.523. The molecule has 2 unspecified atom stereocenters. The van der Waals surface area contributed by atoms with Gasteiger partial charge in [-0.2, -0.15) is 0 Å². The molecule has 1 aliphatic heterocycles. The summed E-state index contributed by atoms with van der Waals surface area (Å²) in [5.74, 6) is 0. The zero-order valence-electron chi connectivity index (χ0n) is 13.2. The first kappa shape index (κ1) is 14.8. The number of rotatable bonds is 6. The lowest BCUT2D eigenvalue weighted by Crippen LogP contribution is -2.67. The van der Waals surface area contributed by atoms with Crippen molar-refractivity contribution in [3.8, 4) is 0 Å². The number of likely N-dealkylation sites (tertiary alicyclic amines) is 1. The van der Waals surface area contributed by atoms with Crippen LogP contribution in [-0.2, 0) is 4.74 Å². The van der Waals surface area contributed by atoms with Crippen molar-refractivity contribution in [2.24, 2.45) is 5.41 Å². The third kappa shape index (κ3) is 2.90. The molecule has 0 aromatic heterocycles. The van der Waals surface area contributed by atoms with Gasteiger partial charge >= 0.3 is 0 Å². The highest BCUT2D eigenvalue weighted by atomic mass is 16.5. The van der Waals surface area contributed by atoms with E-state index in [0.29, 0.717) is 11.5 Å². The van der Waals surface area contributed by atoms with Crippen molar-refractivity contribution in [3.05, 3.63) is 0 Å². The molecular weight excluding hydrogens is 248 g/mol. The van der Waals surface area contributed by atoms with Gasteiger partial charge < -0.3 is 15.0 Å². The van der Waals surface area contributed by atoms with Crippen molar-refractivity contribution in [1.29, 1.82) is 0 Å². The molecular formula is C17H32N2O. The molecule has 116 valence electrons. The number of ether oxygens (including phenoxy) is 1. The van der Waals surface area contributed by atoms with Crippen molar-refractivity contribution in [1.82, 2.24) is 10.2 Å². The molecule has 0 bridgehead atoms. The molecule has 3 rings (SSSR count). The first-order chi connectivity index (χ1) is 9.85. The maximum Gasteiger partial charge on any atom is 0.0661 e. The van der Waals surface area contributed by atoms with Gasteiger partial charge in [0.05, 0.1) is 6.10 Å². The maximum atomic E-state index is 5.93. The molecule has 1 heterocycles. The van der Waals surface area contributed by atoms with Gasteiger partial charge in [0, 0.05) is 31.2 Å². The standard InChI is InChI=1S/C17H32N2O/c1-2-20-16-14-15(17(16)8-7-9-17)18-10-13-19-11-5-3-4-6-12-19/h15-16,18H,2-14H2,1H3. The van der Waals surface area contributed by atoms with Crippen molar-refractivity contribution in [2.45, 2.75) is 70.4 Å². The molecule has 1 N–H and O–H groups in total. The second kappa shape index (κ2) is 6.76. The van der Waals surface area contributed by atoms with E-state index in [0.717, 1.165) is 12.6 Å². The van der Waals surface area contributed by atoms with E-state index in [1.807, 2.05) is 0 Å². The average molecular weight is 280 g/mol. The molecule has 2 aliphatic carbocycles. The molecule has 0 radical (unpaired) electrons. The summed E-state index contributed by atoms with van der Waals surface area (Å²) in [6, 6.07) is 0.736. The molecule has 1 spiro atoms. The third-order valence-corrected chi connectivity index (χ3v) is 5.95. The van der Waals surface area contributed by atoms with E-state index in [4.69, 9.17) is 4.74 Å². The Bertz CT molecular complexity index is 295. The van der Waals surface area contributed by atoms with E-state index in [-0.39, 0.29) is 0 Å². The molecule has 20 heavy (non-hydrogen) atoms. The van der Waals surface area contributed by atoms with E-state index in [1.165, 1.54) is 77.5 Å². The van der Waals surface area contributed by atoms with Gasteiger partial charge in [0.1, 0.15) is 0 Å². The lowest BCUT2D eigenvalue weighted by atomic mass is 9.51. The number of hydrogen-bond acceptors (Lipinski definition) is 3. The Kier molecular flexibility index (Phi) is 5.00. The molecule has 0 aromatic rings. The van der Waals surface area contributed by atoms with Crippen LogP contribution in [-0.4, -0.2) is 49.8 Å². The van der Waals surface area contributed by atoms with Crippen LogP contribution < -0.4 is 5.32 Å². The second-order valence-electron chi connectivity index (χ2n) is 7.03. The SMILES string of the molecule is CCOC1CC(NCCN2CCCCCC2)C12CCC2. The van der Waals surface area contributed by atoms with Gasteiger partial charge in [-0.1, -0.05) is 19.3 Å². The predicted molar refractivity (Wildman–Crippen MR) is 83.0 cm³/mol. The molecule has 2 saturated carbocycles. The molecule has 3 nitrogen and oxygen atoms in total. The lowest BCUT2D eigenvalue weighted by Gasteiger charge is -2.61. The quantitative estimate of drug-likeness (QED) is 0.810. The summed E-state index contributed by atoms with van der Waals surface area (Å²) in [5, 5.41) is 3.85. The molecule has 3 aliphatic rings. The van der Waals surface area contributed by atoms with Gasteiger partial charge in [-0.25, -0.2) is 0 Å². The van der Waals surface area contributed by atoms with Gasteiger partial charge in [0.15, 0.2) is 0 Å². The summed E-state index contributed by atoms with van der Waals surface area (Å²) in [7, 11) is 0. The zero-order chi connectivity index (χ0) is 13.8. The van der Waals surface area contributed by atoms with Gasteiger partial charge in [0.25, 0.3) is 0 Å². The summed E-state index contributed by atoms with van der Waals surface area (Å²) in [6.45, 7) is 8.06. The van der Waals surface area contributed by atoms with E-state index in [9.17, 15) is 0 Å². The Morgan fingerprint density at radius 1 is 1.10 bits per heavy atom. The van der Waals surface area contributed by atoms with Crippen molar-refractivity contribution in [2.75, 3.05) is 32.8 Å². The van der Waals surface area contributed by atoms with E-state index >= 15 is 0 Å². The van der Waals surface area contributed by atoms with E-state index in [1.54, 1.807) is 0 Å². The predicted octanol–water partition coefficient (Wildman–Crippen LogP) is 2.80. The van der Waals surface area contributed by atoms with Gasteiger partial charge in [-0.3, -0.25) is 0 Å². The Hall–Kier alpha value is -0.120. The Labute approximate surface area is 124 Å². The highest BCUT2D eigenvalue weighted by Gasteiger charge is 2.58. The van der Waals surface area contributed by atoms with Gasteiger partial charge in [0.2, 0.25) is 0 Å². The van der Waals surface area contributed by atoms with Crippen LogP contribution in [0, 0.1) is 5.41 Å². The van der Waals surface area contributed by atoms with Crippen molar-refractivity contribution < 1.29 is 4.74 Å². The van der Waals surface area contributed by atoms with Gasteiger partial charge in [-0.15, -0.1) is 0 Å². The molecule has 3 fully saturated rings. The summed E-state index contributed by atoms with van der Waals surface area (Å²) >= 11 is 0. The van der Waals surface area contributed by atoms with Crippen LogP contribution in [0.25, 0.3) is 0 Å². The Morgan fingerprint density at radius 3 is 2.45 bits per heavy atom. The zero-order valence-corrected chi connectivity index (χ0v) is 13.2. The first-order valence-corrected chi connectivity index (χ1v) is 8.92. The minimum Gasteiger partial charge on any atom is -0.378 e. The van der Waals surface area contributed by atoms with Crippen molar-refractivity contribution in [3.63, 3.8) is 0 Å². The minimum absolute atomic E-state index is 0.523. The highest BCUT2D eigenvalue weighted by molar-refractivity contribution is 5.12. The maximum absolute atomic E-state index is 5.93. The number of hydrogen-bond donors (Lipinski definition) is 1. The van der Waals surface area contributed by atoms with Crippen LogP contribution in [0.2, 0.25) is 0 Å². The fourth-order valence-corrected chi connectivity index (χ4v) is 4.48. The summed E-state index contributed by atoms with van der Waals surface area (Å²) < 4.78 is 5.93. The van der Waals surface area contributed by atoms with Crippen LogP contribution in [0.15, 0.2) is 0 Å². The Morgan fingerprint density at radius 2 is 1.85 bits per heavy atom. The largest absolute Gasteiger partial charge is 0.378 e. The van der Waals surface area contributed by atoms with Crippen LogP contribution in [0.1, 0.15) is 58.3 Å². The smallest absolute Gasteiger partial charge is 0.0661 e. The molecule has 3 heteroatoms. The number of nitrogens with one attached hydrogen (secondary N) is 1. The van der Waals surface area contributed by atoms with Crippen LogP contribution in [0.4, 0.5) is 0 Å². The second-order valence-corrected chi connectivity index (χ2v) is 7.03. The summed E-state index contributed by atoms with van der Waals surface area (Å²) in [6.07, 6.45) is 11.7. The van der Waals surface area contributed by atoms with Gasteiger partial charge in [-0.05, 0) is 52.1 Å². The fraction of sp³-hybridized carbons (Fsp3) is 1.00. The Balaban J connectivity index is 1.38. The fourth-order valence-electron chi connectivity index (χ4n) is 4.48. The lowest BCUT2D eigenvalue weighted by molar-refractivity contribution is -0.172. The monoisotopic (exact) mass is 280 g/mol.